The van der Waals surface area contributed by atoms with E-state index in [2.05, 4.69) is 15.4 Å². The van der Waals surface area contributed by atoms with Crippen molar-refractivity contribution in [2.75, 3.05) is 6.61 Å². The van der Waals surface area contributed by atoms with Gasteiger partial charge in [-0.05, 0) is 30.7 Å². The monoisotopic (exact) mass is 424 g/mol. The van der Waals surface area contributed by atoms with E-state index >= 15 is 0 Å². The molecule has 0 saturated heterocycles. The summed E-state index contributed by atoms with van der Waals surface area (Å²) in [6.45, 7) is 2.00. The Morgan fingerprint density at radius 2 is 1.97 bits per heavy atom. The number of H-pyrrole nitrogens is 1. The van der Waals surface area contributed by atoms with E-state index in [0.29, 0.717) is 15.9 Å². The summed E-state index contributed by atoms with van der Waals surface area (Å²) >= 11 is 6.03. The number of rotatable bonds is 5. The second-order valence-electron chi connectivity index (χ2n) is 6.49. The molecule has 2 aromatic carbocycles. The predicted octanol–water partition coefficient (Wildman–Crippen LogP) is 2.94. The van der Waals surface area contributed by atoms with Gasteiger partial charge in [-0.25, -0.2) is 9.59 Å². The number of nitrogens with one attached hydrogen (secondary N) is 2. The maximum Gasteiger partial charge on any atom is 0.347 e. The van der Waals surface area contributed by atoms with Crippen LogP contribution in [0.25, 0.3) is 16.4 Å². The molecule has 9 heteroatoms. The Balaban J connectivity index is 1.88. The molecule has 1 amide bonds. The molecule has 0 atom stereocenters. The standard InChI is InChI=1S/C21H17ClN4O4/c1-2-30-20(28)16-17(19(27)23-11-12-6-4-3-5-7-12)25-26-18(16)14-9-8-13(22)10-15(14)24-21(26)29/h3-10H,2,11H2,1H3,(H,23,27)(H,24,29). The predicted molar refractivity (Wildman–Crippen MR) is 112 cm³/mol. The van der Waals surface area contributed by atoms with Gasteiger partial charge in [-0.15, -0.1) is 0 Å². The molecule has 30 heavy (non-hydrogen) atoms. The van der Waals surface area contributed by atoms with Crippen LogP contribution in [0, 0.1) is 0 Å². The molecule has 0 aliphatic heterocycles. The zero-order chi connectivity index (χ0) is 21.3. The van der Waals surface area contributed by atoms with Crippen molar-refractivity contribution in [2.24, 2.45) is 0 Å². The molecule has 152 valence electrons. The van der Waals surface area contributed by atoms with E-state index in [9.17, 15) is 14.4 Å². The number of carbonyl (C=O) groups excluding carboxylic acids is 2. The van der Waals surface area contributed by atoms with Gasteiger partial charge < -0.3 is 15.0 Å². The number of esters is 1. The third-order valence-corrected chi connectivity index (χ3v) is 4.78. The molecule has 4 aromatic rings. The first-order valence-electron chi connectivity index (χ1n) is 9.23. The molecule has 2 N–H and O–H groups in total. The number of halogens is 1. The lowest BCUT2D eigenvalue weighted by Gasteiger charge is -2.06. The van der Waals surface area contributed by atoms with Crippen LogP contribution in [-0.2, 0) is 11.3 Å². The number of hydrogen-bond donors (Lipinski definition) is 2. The van der Waals surface area contributed by atoms with E-state index in [1.165, 1.54) is 0 Å². The average molecular weight is 425 g/mol. The molecule has 0 fully saturated rings. The average Bonchev–Trinajstić information content (AvgIpc) is 3.14. The molecule has 0 unspecified atom stereocenters. The van der Waals surface area contributed by atoms with Gasteiger partial charge in [0.2, 0.25) is 0 Å². The second kappa shape index (κ2) is 8.00. The van der Waals surface area contributed by atoms with Gasteiger partial charge in [-0.2, -0.15) is 9.61 Å². The van der Waals surface area contributed by atoms with Gasteiger partial charge in [0.15, 0.2) is 5.69 Å². The van der Waals surface area contributed by atoms with Crippen molar-refractivity contribution in [3.8, 4) is 0 Å². The number of carbonyl (C=O) groups is 2. The molecule has 0 spiro atoms. The molecule has 0 saturated carbocycles. The summed E-state index contributed by atoms with van der Waals surface area (Å²) in [6.07, 6.45) is 0. The fraction of sp³-hybridized carbons (Fsp3) is 0.143. The lowest BCUT2D eigenvalue weighted by molar-refractivity contribution is 0.0525. The molecule has 0 radical (unpaired) electrons. The van der Waals surface area contributed by atoms with E-state index in [1.807, 2.05) is 30.3 Å². The first-order valence-corrected chi connectivity index (χ1v) is 9.61. The number of aromatic amines is 1. The Labute approximate surface area is 175 Å². The van der Waals surface area contributed by atoms with Gasteiger partial charge in [-0.3, -0.25) is 4.79 Å². The highest BCUT2D eigenvalue weighted by Gasteiger charge is 2.28. The summed E-state index contributed by atoms with van der Waals surface area (Å²) in [5, 5.41) is 7.79. The minimum absolute atomic E-state index is 0.0687. The van der Waals surface area contributed by atoms with Crippen molar-refractivity contribution in [3.05, 3.63) is 80.9 Å². The van der Waals surface area contributed by atoms with Gasteiger partial charge >= 0.3 is 11.7 Å². The number of ether oxygens (including phenoxy) is 1. The van der Waals surface area contributed by atoms with Crippen molar-refractivity contribution in [2.45, 2.75) is 13.5 Å². The Kier molecular flexibility index (Phi) is 5.24. The molecule has 0 aliphatic carbocycles. The molecule has 8 nitrogen and oxygen atoms in total. The van der Waals surface area contributed by atoms with E-state index in [0.717, 1.165) is 10.1 Å². The first-order chi connectivity index (χ1) is 14.5. The van der Waals surface area contributed by atoms with Crippen LogP contribution in [0.3, 0.4) is 0 Å². The van der Waals surface area contributed by atoms with Crippen LogP contribution in [0.4, 0.5) is 0 Å². The third kappa shape index (κ3) is 3.53. The topological polar surface area (TPSA) is 106 Å². The number of fused-ring (bicyclic) bond motifs is 3. The number of benzene rings is 2. The van der Waals surface area contributed by atoms with Gasteiger partial charge in [0.25, 0.3) is 5.91 Å². The second-order valence-corrected chi connectivity index (χ2v) is 6.93. The number of aromatic nitrogens is 3. The minimum atomic E-state index is -0.737. The van der Waals surface area contributed by atoms with Gasteiger partial charge in [0.1, 0.15) is 5.56 Å². The smallest absolute Gasteiger partial charge is 0.347 e. The molecule has 0 aliphatic rings. The molecule has 2 heterocycles. The van der Waals surface area contributed by atoms with Crippen LogP contribution in [0.2, 0.25) is 5.02 Å². The van der Waals surface area contributed by atoms with Crippen LogP contribution in [-0.4, -0.2) is 33.1 Å². The summed E-state index contributed by atoms with van der Waals surface area (Å²) in [7, 11) is 0. The van der Waals surface area contributed by atoms with E-state index in [4.69, 9.17) is 16.3 Å². The van der Waals surface area contributed by atoms with E-state index < -0.39 is 17.6 Å². The fourth-order valence-electron chi connectivity index (χ4n) is 3.23. The molecular weight excluding hydrogens is 408 g/mol. The number of nitrogens with zero attached hydrogens (tertiary/aromatic N) is 2. The number of hydrogen-bond acceptors (Lipinski definition) is 5. The van der Waals surface area contributed by atoms with Crippen LogP contribution in [0.1, 0.15) is 33.3 Å². The lowest BCUT2D eigenvalue weighted by Crippen LogP contribution is -2.25. The van der Waals surface area contributed by atoms with Gasteiger partial charge in [-0.1, -0.05) is 41.9 Å². The van der Waals surface area contributed by atoms with Crippen molar-refractivity contribution in [3.63, 3.8) is 0 Å². The summed E-state index contributed by atoms with van der Waals surface area (Å²) in [6, 6.07) is 14.1. The quantitative estimate of drug-likeness (QED) is 0.479. The van der Waals surface area contributed by atoms with Gasteiger partial charge in [0, 0.05) is 17.0 Å². The molecular formula is C21H17ClN4O4. The normalized spacial score (nSPS) is 11.0. The van der Waals surface area contributed by atoms with E-state index in [-0.39, 0.29) is 29.9 Å². The number of amides is 1. The molecule has 2 aromatic heterocycles. The zero-order valence-corrected chi connectivity index (χ0v) is 16.7. The Morgan fingerprint density at radius 1 is 1.20 bits per heavy atom. The maximum absolute atomic E-state index is 12.9. The Morgan fingerprint density at radius 3 is 2.70 bits per heavy atom. The van der Waals surface area contributed by atoms with Crippen molar-refractivity contribution in [1.29, 1.82) is 0 Å². The Bertz CT molecular complexity index is 1330. The fourth-order valence-corrected chi connectivity index (χ4v) is 3.40. The SMILES string of the molecule is CCOC(=O)c1c(C(=O)NCc2ccccc2)nn2c(=O)[nH]c3cc(Cl)ccc3c12. The molecule has 4 rings (SSSR count). The summed E-state index contributed by atoms with van der Waals surface area (Å²) < 4.78 is 6.15. The highest BCUT2D eigenvalue weighted by atomic mass is 35.5. The zero-order valence-electron chi connectivity index (χ0n) is 15.9. The van der Waals surface area contributed by atoms with Crippen molar-refractivity contribution < 1.29 is 14.3 Å². The maximum atomic E-state index is 12.9. The minimum Gasteiger partial charge on any atom is -0.462 e. The first kappa shape index (κ1) is 19.7. The van der Waals surface area contributed by atoms with Crippen LogP contribution < -0.4 is 11.0 Å². The highest BCUT2D eigenvalue weighted by Crippen LogP contribution is 2.26. The van der Waals surface area contributed by atoms with Crippen LogP contribution in [0.15, 0.2) is 53.3 Å². The van der Waals surface area contributed by atoms with Crippen molar-refractivity contribution in [1.82, 2.24) is 19.9 Å². The summed E-state index contributed by atoms with van der Waals surface area (Å²) in [5.41, 5.74) is 0.631. The lowest BCUT2D eigenvalue weighted by atomic mass is 10.1. The summed E-state index contributed by atoms with van der Waals surface area (Å²) in [4.78, 5) is 40.9. The third-order valence-electron chi connectivity index (χ3n) is 4.55. The van der Waals surface area contributed by atoms with Crippen LogP contribution >= 0.6 is 11.6 Å². The van der Waals surface area contributed by atoms with Crippen LogP contribution in [0.5, 0.6) is 0 Å². The van der Waals surface area contributed by atoms with Crippen molar-refractivity contribution >= 4 is 39.9 Å². The van der Waals surface area contributed by atoms with E-state index in [1.54, 1.807) is 25.1 Å². The highest BCUT2D eigenvalue weighted by molar-refractivity contribution is 6.31. The molecule has 0 bridgehead atoms. The van der Waals surface area contributed by atoms with Gasteiger partial charge in [0.05, 0.1) is 17.6 Å². The summed E-state index contributed by atoms with van der Waals surface area (Å²) in [5.74, 6) is -1.33. The Hall–Kier alpha value is -3.65. The largest absolute Gasteiger partial charge is 0.462 e.